The maximum atomic E-state index is 12.3. The number of carbonyl (C=O) groups excluding carboxylic acids is 2. The molecule has 2 aromatic rings. The zero-order valence-electron chi connectivity index (χ0n) is 14.7. The molecule has 1 aliphatic rings. The van der Waals surface area contributed by atoms with E-state index in [9.17, 15) is 9.59 Å². The maximum Gasteiger partial charge on any atom is 0.255 e. The van der Waals surface area contributed by atoms with Crippen LogP contribution in [0.3, 0.4) is 0 Å². The molecule has 1 atom stereocenters. The standard InChI is InChI=1S/C20H22N2O4/c1-14(23)21-16-6-8-17(9-7-16)22-20(24)15-4-10-18(11-5-15)26-13-19-3-2-12-25-19/h4-11,19H,2-3,12-13H2,1H3,(H,21,23)(H,22,24)/t19-/m1/s1. The highest BCUT2D eigenvalue weighted by molar-refractivity contribution is 6.04. The third kappa shape index (κ3) is 5.07. The van der Waals surface area contributed by atoms with E-state index in [4.69, 9.17) is 9.47 Å². The molecule has 1 aliphatic heterocycles. The molecule has 1 saturated heterocycles. The minimum absolute atomic E-state index is 0.136. The number of amides is 2. The van der Waals surface area contributed by atoms with Gasteiger partial charge in [0.2, 0.25) is 5.91 Å². The number of hydrogen-bond acceptors (Lipinski definition) is 4. The third-order valence-corrected chi connectivity index (χ3v) is 4.04. The van der Waals surface area contributed by atoms with Crippen LogP contribution < -0.4 is 15.4 Å². The Morgan fingerprint density at radius 1 is 1.04 bits per heavy atom. The highest BCUT2D eigenvalue weighted by Crippen LogP contribution is 2.18. The smallest absolute Gasteiger partial charge is 0.255 e. The van der Waals surface area contributed by atoms with E-state index in [0.717, 1.165) is 25.2 Å². The predicted molar refractivity (Wildman–Crippen MR) is 99.6 cm³/mol. The Kier molecular flexibility index (Phi) is 5.86. The molecule has 1 heterocycles. The van der Waals surface area contributed by atoms with Crippen molar-refractivity contribution in [3.63, 3.8) is 0 Å². The molecule has 6 heteroatoms. The van der Waals surface area contributed by atoms with Crippen LogP contribution in [0, 0.1) is 0 Å². The van der Waals surface area contributed by atoms with Gasteiger partial charge in [-0.25, -0.2) is 0 Å². The van der Waals surface area contributed by atoms with Crippen LogP contribution in [0.5, 0.6) is 5.75 Å². The summed E-state index contributed by atoms with van der Waals surface area (Å²) in [6, 6.07) is 14.0. The molecular formula is C20H22N2O4. The van der Waals surface area contributed by atoms with Crippen LogP contribution in [0.4, 0.5) is 11.4 Å². The van der Waals surface area contributed by atoms with E-state index in [1.54, 1.807) is 48.5 Å². The summed E-state index contributed by atoms with van der Waals surface area (Å²) >= 11 is 0. The normalized spacial score (nSPS) is 16.1. The Labute approximate surface area is 152 Å². The van der Waals surface area contributed by atoms with Gasteiger partial charge in [0.05, 0.1) is 6.10 Å². The molecule has 0 unspecified atom stereocenters. The van der Waals surface area contributed by atoms with Gasteiger partial charge in [0.15, 0.2) is 0 Å². The molecule has 2 aromatic carbocycles. The van der Waals surface area contributed by atoms with E-state index in [0.29, 0.717) is 23.5 Å². The Morgan fingerprint density at radius 2 is 1.69 bits per heavy atom. The summed E-state index contributed by atoms with van der Waals surface area (Å²) in [5, 5.41) is 5.50. The summed E-state index contributed by atoms with van der Waals surface area (Å²) in [4.78, 5) is 23.3. The number of rotatable bonds is 6. The van der Waals surface area contributed by atoms with E-state index >= 15 is 0 Å². The Bertz CT molecular complexity index is 750. The highest BCUT2D eigenvalue weighted by Gasteiger charge is 2.16. The Hall–Kier alpha value is -2.86. The fraction of sp³-hybridized carbons (Fsp3) is 0.300. The number of hydrogen-bond donors (Lipinski definition) is 2. The van der Waals surface area contributed by atoms with Crippen molar-refractivity contribution in [1.29, 1.82) is 0 Å². The van der Waals surface area contributed by atoms with Crippen LogP contribution in [0.2, 0.25) is 0 Å². The monoisotopic (exact) mass is 354 g/mol. The molecule has 136 valence electrons. The fourth-order valence-corrected chi connectivity index (χ4v) is 2.71. The van der Waals surface area contributed by atoms with Gasteiger partial charge in [-0.15, -0.1) is 0 Å². The summed E-state index contributed by atoms with van der Waals surface area (Å²) in [6.45, 7) is 2.79. The lowest BCUT2D eigenvalue weighted by Gasteiger charge is -2.12. The first-order chi connectivity index (χ1) is 12.6. The molecule has 0 aliphatic carbocycles. The number of anilines is 2. The average Bonchev–Trinajstić information content (AvgIpc) is 3.15. The SMILES string of the molecule is CC(=O)Nc1ccc(NC(=O)c2ccc(OC[C@H]3CCCO3)cc2)cc1. The summed E-state index contributed by atoms with van der Waals surface area (Å²) < 4.78 is 11.2. The van der Waals surface area contributed by atoms with Gasteiger partial charge in [-0.2, -0.15) is 0 Å². The first-order valence-corrected chi connectivity index (χ1v) is 8.63. The van der Waals surface area contributed by atoms with E-state index in [2.05, 4.69) is 10.6 Å². The lowest BCUT2D eigenvalue weighted by Crippen LogP contribution is -2.16. The molecule has 0 spiro atoms. The van der Waals surface area contributed by atoms with Crippen LogP contribution in [-0.4, -0.2) is 31.1 Å². The highest BCUT2D eigenvalue weighted by atomic mass is 16.5. The summed E-state index contributed by atoms with van der Waals surface area (Å²) in [7, 11) is 0. The van der Waals surface area contributed by atoms with Gasteiger partial charge >= 0.3 is 0 Å². The molecule has 2 N–H and O–H groups in total. The topological polar surface area (TPSA) is 76.7 Å². The zero-order chi connectivity index (χ0) is 18.4. The van der Waals surface area contributed by atoms with Gasteiger partial charge in [0.25, 0.3) is 5.91 Å². The first kappa shape index (κ1) is 17.9. The lowest BCUT2D eigenvalue weighted by atomic mass is 10.2. The van der Waals surface area contributed by atoms with E-state index < -0.39 is 0 Å². The molecular weight excluding hydrogens is 332 g/mol. The predicted octanol–water partition coefficient (Wildman–Crippen LogP) is 3.46. The maximum absolute atomic E-state index is 12.3. The molecule has 3 rings (SSSR count). The van der Waals surface area contributed by atoms with Crippen molar-refractivity contribution in [2.75, 3.05) is 23.8 Å². The molecule has 0 saturated carbocycles. The van der Waals surface area contributed by atoms with Gasteiger partial charge in [-0.05, 0) is 61.4 Å². The van der Waals surface area contributed by atoms with E-state index in [-0.39, 0.29) is 17.9 Å². The molecule has 0 radical (unpaired) electrons. The van der Waals surface area contributed by atoms with Gasteiger partial charge < -0.3 is 20.1 Å². The van der Waals surface area contributed by atoms with Crippen molar-refractivity contribution >= 4 is 23.2 Å². The van der Waals surface area contributed by atoms with Crippen LogP contribution in [0.15, 0.2) is 48.5 Å². The molecule has 2 amide bonds. The third-order valence-electron chi connectivity index (χ3n) is 4.04. The van der Waals surface area contributed by atoms with Crippen LogP contribution in [0.1, 0.15) is 30.1 Å². The summed E-state index contributed by atoms with van der Waals surface area (Å²) in [5.74, 6) is 0.378. The van der Waals surface area contributed by atoms with Crippen molar-refractivity contribution in [1.82, 2.24) is 0 Å². The van der Waals surface area contributed by atoms with Gasteiger partial charge in [0.1, 0.15) is 12.4 Å². The average molecular weight is 354 g/mol. The van der Waals surface area contributed by atoms with Gasteiger partial charge in [-0.1, -0.05) is 0 Å². The largest absolute Gasteiger partial charge is 0.491 e. The second kappa shape index (κ2) is 8.49. The quantitative estimate of drug-likeness (QED) is 0.833. The molecule has 0 bridgehead atoms. The van der Waals surface area contributed by atoms with Crippen LogP contribution in [-0.2, 0) is 9.53 Å². The van der Waals surface area contributed by atoms with Gasteiger partial charge in [0, 0.05) is 30.5 Å². The summed E-state index contributed by atoms with van der Waals surface area (Å²) in [6.07, 6.45) is 2.28. The Balaban J connectivity index is 1.53. The number of carbonyl (C=O) groups is 2. The van der Waals surface area contributed by atoms with Crippen molar-refractivity contribution in [3.05, 3.63) is 54.1 Å². The van der Waals surface area contributed by atoms with E-state index in [1.807, 2.05) is 0 Å². The van der Waals surface area contributed by atoms with Crippen molar-refractivity contribution in [2.24, 2.45) is 0 Å². The number of benzene rings is 2. The van der Waals surface area contributed by atoms with E-state index in [1.165, 1.54) is 6.92 Å². The first-order valence-electron chi connectivity index (χ1n) is 8.63. The number of nitrogens with one attached hydrogen (secondary N) is 2. The van der Waals surface area contributed by atoms with Crippen molar-refractivity contribution in [2.45, 2.75) is 25.9 Å². The van der Waals surface area contributed by atoms with Gasteiger partial charge in [-0.3, -0.25) is 9.59 Å². The van der Waals surface area contributed by atoms with Crippen LogP contribution in [0.25, 0.3) is 0 Å². The number of ether oxygens (including phenoxy) is 2. The second-order valence-electron chi connectivity index (χ2n) is 6.18. The minimum atomic E-state index is -0.206. The molecule has 26 heavy (non-hydrogen) atoms. The second-order valence-corrected chi connectivity index (χ2v) is 6.18. The zero-order valence-corrected chi connectivity index (χ0v) is 14.7. The van der Waals surface area contributed by atoms with Crippen LogP contribution >= 0.6 is 0 Å². The summed E-state index contributed by atoms with van der Waals surface area (Å²) in [5.41, 5.74) is 1.88. The van der Waals surface area contributed by atoms with Crippen molar-refractivity contribution in [3.8, 4) is 5.75 Å². The fourth-order valence-electron chi connectivity index (χ4n) is 2.71. The molecule has 6 nitrogen and oxygen atoms in total. The van der Waals surface area contributed by atoms with Crippen molar-refractivity contribution < 1.29 is 19.1 Å². The lowest BCUT2D eigenvalue weighted by molar-refractivity contribution is -0.114. The minimum Gasteiger partial charge on any atom is -0.491 e. The molecule has 0 aromatic heterocycles. The molecule has 1 fully saturated rings. The Morgan fingerprint density at radius 3 is 2.27 bits per heavy atom.